The molecule has 1 aliphatic heterocycles. The molecule has 0 aromatic heterocycles. The highest BCUT2D eigenvalue weighted by Crippen LogP contribution is 2.14. The third-order valence-electron chi connectivity index (χ3n) is 3.56. The maximum absolute atomic E-state index is 11.7. The molecule has 3 atom stereocenters. The van der Waals surface area contributed by atoms with Gasteiger partial charge in [-0.05, 0) is 19.8 Å². The summed E-state index contributed by atoms with van der Waals surface area (Å²) < 4.78 is 0. The molecule has 0 aliphatic carbocycles. The second kappa shape index (κ2) is 6.65. The van der Waals surface area contributed by atoms with Gasteiger partial charge in [0, 0.05) is 13.1 Å². The summed E-state index contributed by atoms with van der Waals surface area (Å²) in [5.41, 5.74) is 0. The second-order valence-electron chi connectivity index (χ2n) is 5.29. The molecule has 0 radical (unpaired) electrons. The summed E-state index contributed by atoms with van der Waals surface area (Å²) in [6.07, 6.45) is 2.41. The Morgan fingerprint density at radius 3 is 2.53 bits per heavy atom. The van der Waals surface area contributed by atoms with Crippen LogP contribution in [0.4, 0.5) is 0 Å². The van der Waals surface area contributed by atoms with E-state index in [0.29, 0.717) is 6.42 Å². The van der Waals surface area contributed by atoms with E-state index in [-0.39, 0.29) is 30.2 Å². The topological polar surface area (TPSA) is 86.7 Å². The van der Waals surface area contributed by atoms with Crippen molar-refractivity contribution in [1.29, 1.82) is 0 Å². The van der Waals surface area contributed by atoms with Crippen molar-refractivity contribution in [2.24, 2.45) is 5.92 Å². The van der Waals surface area contributed by atoms with Gasteiger partial charge in [-0.2, -0.15) is 0 Å². The van der Waals surface area contributed by atoms with Gasteiger partial charge >= 0.3 is 5.97 Å². The summed E-state index contributed by atoms with van der Waals surface area (Å²) in [5.74, 6) is -1.46. The minimum Gasteiger partial charge on any atom is -0.481 e. The van der Waals surface area contributed by atoms with Crippen molar-refractivity contribution < 1.29 is 19.5 Å². The van der Waals surface area contributed by atoms with Crippen LogP contribution in [-0.2, 0) is 14.4 Å². The fourth-order valence-electron chi connectivity index (χ4n) is 2.17. The minimum atomic E-state index is -0.779. The predicted molar refractivity (Wildman–Crippen MR) is 69.4 cm³/mol. The van der Waals surface area contributed by atoms with Crippen molar-refractivity contribution in [3.8, 4) is 0 Å². The lowest BCUT2D eigenvalue weighted by Gasteiger charge is -2.18. The van der Waals surface area contributed by atoms with Gasteiger partial charge in [-0.15, -0.1) is 0 Å². The van der Waals surface area contributed by atoms with E-state index in [2.05, 4.69) is 5.32 Å². The van der Waals surface area contributed by atoms with Crippen LogP contribution in [0.1, 0.15) is 39.5 Å². The molecule has 108 valence electrons. The highest BCUT2D eigenvalue weighted by molar-refractivity contribution is 6.05. The molecule has 19 heavy (non-hydrogen) atoms. The average Bonchev–Trinajstić information content (AvgIpc) is 2.56. The van der Waals surface area contributed by atoms with Crippen molar-refractivity contribution >= 4 is 17.8 Å². The van der Waals surface area contributed by atoms with Crippen molar-refractivity contribution in [3.63, 3.8) is 0 Å². The molecule has 3 unspecified atom stereocenters. The summed E-state index contributed by atoms with van der Waals surface area (Å²) in [4.78, 5) is 34.9. The quantitative estimate of drug-likeness (QED) is 0.662. The summed E-state index contributed by atoms with van der Waals surface area (Å²) in [6, 6.07) is -0.335. The van der Waals surface area contributed by atoms with Crippen LogP contribution >= 0.6 is 0 Å². The zero-order chi connectivity index (χ0) is 14.6. The molecule has 2 N–H and O–H groups in total. The van der Waals surface area contributed by atoms with Gasteiger partial charge in [0.15, 0.2) is 0 Å². The van der Waals surface area contributed by atoms with Crippen LogP contribution < -0.4 is 5.32 Å². The number of carbonyl (C=O) groups is 3. The molecular formula is C13H22N2O4. The van der Waals surface area contributed by atoms with Gasteiger partial charge in [-0.1, -0.05) is 13.3 Å². The first-order valence-electron chi connectivity index (χ1n) is 6.62. The maximum atomic E-state index is 11.7. The van der Waals surface area contributed by atoms with E-state index in [1.807, 2.05) is 6.92 Å². The lowest BCUT2D eigenvalue weighted by molar-refractivity contribution is -0.141. The number of nitrogens with one attached hydrogen (secondary N) is 1. The number of amides is 2. The third kappa shape index (κ3) is 4.31. The van der Waals surface area contributed by atoms with Gasteiger partial charge < -0.3 is 10.4 Å². The molecule has 0 spiro atoms. The van der Waals surface area contributed by atoms with Crippen molar-refractivity contribution in [2.75, 3.05) is 7.05 Å². The molecular weight excluding hydrogens is 248 g/mol. The first-order valence-corrected chi connectivity index (χ1v) is 6.62. The Hall–Kier alpha value is -1.43. The van der Waals surface area contributed by atoms with Crippen LogP contribution in [0.25, 0.3) is 0 Å². The predicted octanol–water partition coefficient (Wildman–Crippen LogP) is 0.613. The monoisotopic (exact) mass is 270 g/mol. The molecule has 1 heterocycles. The molecule has 1 aliphatic rings. The second-order valence-corrected chi connectivity index (χ2v) is 5.29. The van der Waals surface area contributed by atoms with Crippen molar-refractivity contribution in [2.45, 2.75) is 51.6 Å². The third-order valence-corrected chi connectivity index (χ3v) is 3.56. The van der Waals surface area contributed by atoms with E-state index in [9.17, 15) is 14.4 Å². The van der Waals surface area contributed by atoms with Gasteiger partial charge in [0.05, 0.1) is 18.4 Å². The number of carbonyl (C=O) groups excluding carboxylic acids is 2. The van der Waals surface area contributed by atoms with E-state index < -0.39 is 12.0 Å². The van der Waals surface area contributed by atoms with Gasteiger partial charge in [0.2, 0.25) is 11.8 Å². The molecule has 2 amide bonds. The summed E-state index contributed by atoms with van der Waals surface area (Å²) in [7, 11) is 1.49. The summed E-state index contributed by atoms with van der Waals surface area (Å²) in [6.45, 7) is 3.63. The Morgan fingerprint density at radius 2 is 2.05 bits per heavy atom. The number of carboxylic acid groups (broad SMARTS) is 1. The number of likely N-dealkylation sites (N-methyl/N-ethyl adjacent to an activating group) is 1. The lowest BCUT2D eigenvalue weighted by atomic mass is 10.0. The standard InChI is InChI=1S/C13H22N2O4/c1-8(13(18)19)5-4-6-9(2)14-10-7-11(16)15(3)12(10)17/h8-10,14H,4-7H2,1-3H3,(H,18,19). The Labute approximate surface area is 113 Å². The molecule has 0 aromatic rings. The van der Waals surface area contributed by atoms with Crippen LogP contribution in [0.5, 0.6) is 0 Å². The fourth-order valence-corrected chi connectivity index (χ4v) is 2.17. The minimum absolute atomic E-state index is 0.0919. The Morgan fingerprint density at radius 1 is 1.42 bits per heavy atom. The number of carboxylic acids is 1. The summed E-state index contributed by atoms with van der Waals surface area (Å²) >= 11 is 0. The average molecular weight is 270 g/mol. The molecule has 0 bridgehead atoms. The Kier molecular flexibility index (Phi) is 5.47. The number of likely N-dealkylation sites (tertiary alicyclic amines) is 1. The number of imide groups is 1. The van der Waals surface area contributed by atoms with Crippen molar-refractivity contribution in [1.82, 2.24) is 10.2 Å². The van der Waals surface area contributed by atoms with Crippen LogP contribution in [0, 0.1) is 5.92 Å². The number of rotatable bonds is 7. The van der Waals surface area contributed by atoms with E-state index in [0.717, 1.165) is 17.7 Å². The molecule has 0 saturated carbocycles. The van der Waals surface area contributed by atoms with Gasteiger partial charge in [-0.25, -0.2) is 0 Å². The largest absolute Gasteiger partial charge is 0.481 e. The van der Waals surface area contributed by atoms with Gasteiger partial charge in [-0.3, -0.25) is 19.3 Å². The van der Waals surface area contributed by atoms with Crippen LogP contribution in [0.3, 0.4) is 0 Å². The highest BCUT2D eigenvalue weighted by Gasteiger charge is 2.36. The molecule has 6 nitrogen and oxygen atoms in total. The van der Waals surface area contributed by atoms with E-state index in [1.165, 1.54) is 7.05 Å². The number of aliphatic carboxylic acids is 1. The number of nitrogens with zero attached hydrogens (tertiary/aromatic N) is 1. The Bertz CT molecular complexity index is 370. The number of hydrogen-bond acceptors (Lipinski definition) is 4. The number of hydrogen-bond donors (Lipinski definition) is 2. The summed E-state index contributed by atoms with van der Waals surface area (Å²) in [5, 5.41) is 11.9. The first-order chi connectivity index (χ1) is 8.82. The molecule has 1 rings (SSSR count). The molecule has 1 saturated heterocycles. The smallest absolute Gasteiger partial charge is 0.306 e. The lowest BCUT2D eigenvalue weighted by Crippen LogP contribution is -2.41. The van der Waals surface area contributed by atoms with E-state index >= 15 is 0 Å². The zero-order valence-corrected chi connectivity index (χ0v) is 11.7. The molecule has 0 aromatic carbocycles. The van der Waals surface area contributed by atoms with Crippen LogP contribution in [-0.4, -0.2) is 46.9 Å². The molecule has 1 fully saturated rings. The highest BCUT2D eigenvalue weighted by atomic mass is 16.4. The van der Waals surface area contributed by atoms with Gasteiger partial charge in [0.25, 0.3) is 0 Å². The maximum Gasteiger partial charge on any atom is 0.306 e. The van der Waals surface area contributed by atoms with Crippen molar-refractivity contribution in [3.05, 3.63) is 0 Å². The fraction of sp³-hybridized carbons (Fsp3) is 0.769. The SMILES string of the molecule is CC(CCCC(C)C(=O)O)NC1CC(=O)N(C)C1=O. The van der Waals surface area contributed by atoms with E-state index in [1.54, 1.807) is 6.92 Å². The van der Waals surface area contributed by atoms with Crippen LogP contribution in [0.15, 0.2) is 0 Å². The first kappa shape index (κ1) is 15.6. The zero-order valence-electron chi connectivity index (χ0n) is 11.7. The van der Waals surface area contributed by atoms with E-state index in [4.69, 9.17) is 5.11 Å². The Balaban J connectivity index is 2.28. The van der Waals surface area contributed by atoms with Gasteiger partial charge in [0.1, 0.15) is 0 Å². The van der Waals surface area contributed by atoms with Crippen LogP contribution in [0.2, 0.25) is 0 Å². The normalized spacial score (nSPS) is 22.7. The molecule has 6 heteroatoms.